The van der Waals surface area contributed by atoms with Crippen molar-refractivity contribution in [1.82, 2.24) is 18.3 Å². The smallest absolute Gasteiger partial charge is 0.135 e. The van der Waals surface area contributed by atoms with E-state index in [1.165, 1.54) is 126 Å². The summed E-state index contributed by atoms with van der Waals surface area (Å²) in [6, 6.07) is 94.3. The van der Waals surface area contributed by atoms with Gasteiger partial charge in [0.15, 0.2) is 0 Å². The number of benzene rings is 12. The maximum atomic E-state index is 6.24. The first-order valence-corrected chi connectivity index (χ1v) is 27.7. The van der Waals surface area contributed by atoms with E-state index in [1.807, 2.05) is 12.1 Å². The molecule has 5 aromatic heterocycles. The summed E-state index contributed by atoms with van der Waals surface area (Å²) in [5, 5.41) is 12.2. The molecule has 18 rings (SSSR count). The van der Waals surface area contributed by atoms with E-state index in [-0.39, 0.29) is 5.41 Å². The molecule has 5 heteroatoms. The third-order valence-corrected chi connectivity index (χ3v) is 18.0. The van der Waals surface area contributed by atoms with Crippen LogP contribution in [0.5, 0.6) is 0 Å². The van der Waals surface area contributed by atoms with Crippen LogP contribution >= 0.6 is 0 Å². The largest absolute Gasteiger partial charge is 0.456 e. The van der Waals surface area contributed by atoms with Gasteiger partial charge in [0.1, 0.15) is 11.2 Å². The van der Waals surface area contributed by atoms with Crippen molar-refractivity contribution in [2.45, 2.75) is 19.3 Å². The van der Waals surface area contributed by atoms with Gasteiger partial charge >= 0.3 is 0 Å². The van der Waals surface area contributed by atoms with Gasteiger partial charge in [-0.2, -0.15) is 0 Å². The first-order chi connectivity index (χ1) is 39.4. The lowest BCUT2D eigenvalue weighted by molar-refractivity contribution is 0.660. The monoisotopic (exact) mass is 1020 g/mol. The molecule has 0 N–H and O–H groups in total. The SMILES string of the molecule is CC1(C)c2ccc(-n3c4ccccc4c4cc(-n5c6ccccc6c6ccccc65)ccc43)cc2-c2ccc(-c3ccc4c(c3)c3ccccc3n4-c3ccc4c(c3)c3ccccc3n4-c3ccc4oc5ccccc5c4c3)cc21. The van der Waals surface area contributed by atoms with E-state index in [9.17, 15) is 0 Å². The second-order valence-corrected chi connectivity index (χ2v) is 22.5. The molecule has 5 nitrogen and oxygen atoms in total. The van der Waals surface area contributed by atoms with Crippen molar-refractivity contribution in [2.24, 2.45) is 0 Å². The van der Waals surface area contributed by atoms with Crippen LogP contribution in [0, 0.1) is 0 Å². The first kappa shape index (κ1) is 43.7. The third-order valence-electron chi connectivity index (χ3n) is 18.0. The zero-order chi connectivity index (χ0) is 52.5. The lowest BCUT2D eigenvalue weighted by atomic mass is 9.81. The maximum Gasteiger partial charge on any atom is 0.135 e. The van der Waals surface area contributed by atoms with Crippen LogP contribution in [0.15, 0.2) is 259 Å². The molecule has 0 bridgehead atoms. The van der Waals surface area contributed by atoms with Gasteiger partial charge < -0.3 is 22.7 Å². The number of para-hydroxylation sites is 6. The number of hydrogen-bond acceptors (Lipinski definition) is 1. The summed E-state index contributed by atoms with van der Waals surface area (Å²) in [5.74, 6) is 0. The predicted molar refractivity (Wildman–Crippen MR) is 334 cm³/mol. The first-order valence-electron chi connectivity index (χ1n) is 27.7. The summed E-state index contributed by atoms with van der Waals surface area (Å²) in [4.78, 5) is 0. The minimum absolute atomic E-state index is 0.195. The van der Waals surface area contributed by atoms with Crippen molar-refractivity contribution in [1.29, 1.82) is 0 Å². The van der Waals surface area contributed by atoms with Crippen LogP contribution in [0.4, 0.5) is 0 Å². The van der Waals surface area contributed by atoms with E-state index >= 15 is 0 Å². The highest BCUT2D eigenvalue weighted by molar-refractivity contribution is 6.15. The number of furan rings is 1. The number of fused-ring (bicyclic) bond motifs is 18. The van der Waals surface area contributed by atoms with E-state index in [2.05, 4.69) is 275 Å². The molecule has 17 aromatic rings. The molecule has 374 valence electrons. The summed E-state index contributed by atoms with van der Waals surface area (Å²) in [6.07, 6.45) is 0. The predicted octanol–water partition coefficient (Wildman–Crippen LogP) is 19.9. The fourth-order valence-electron chi connectivity index (χ4n) is 14.3. The van der Waals surface area contributed by atoms with E-state index in [0.717, 1.165) is 39.0 Å². The number of rotatable bonds is 5. The van der Waals surface area contributed by atoms with Gasteiger partial charge in [0, 0.05) is 82.0 Å². The fourth-order valence-corrected chi connectivity index (χ4v) is 14.3. The van der Waals surface area contributed by atoms with Crippen molar-refractivity contribution in [3.63, 3.8) is 0 Å². The van der Waals surface area contributed by atoms with Crippen molar-refractivity contribution in [3.8, 4) is 45.0 Å². The summed E-state index contributed by atoms with van der Waals surface area (Å²) >= 11 is 0. The van der Waals surface area contributed by atoms with Crippen LogP contribution in [0.25, 0.3) is 154 Å². The highest BCUT2D eigenvalue weighted by Gasteiger charge is 2.36. The number of aromatic nitrogens is 4. The Hall–Kier alpha value is -10.4. The van der Waals surface area contributed by atoms with Crippen LogP contribution in [0.2, 0.25) is 0 Å². The number of nitrogens with zero attached hydrogens (tertiary/aromatic N) is 4. The van der Waals surface area contributed by atoms with Crippen LogP contribution in [-0.4, -0.2) is 18.3 Å². The molecule has 0 atom stereocenters. The van der Waals surface area contributed by atoms with Crippen LogP contribution in [0.3, 0.4) is 0 Å². The fraction of sp³-hybridized carbons (Fsp3) is 0.0400. The minimum atomic E-state index is -0.195. The zero-order valence-electron chi connectivity index (χ0n) is 43.9. The molecule has 0 amide bonds. The standard InChI is InChI=1S/C75H48N4O/c1-75(2)63-34-29-47(77-68-24-12-6-18-55(68)60-42-48(30-36-71(60)77)76-65-21-9-3-15-52(65)53-16-4-10-22-66(53)76)41-58(63)51-33-27-46(40-64(51)75)45-28-35-70-59(39-45)54-17-5-11-23-67(54)78(70)49-31-37-72-61(43-49)56-19-7-13-25-69(56)79(72)50-32-38-74-62(44-50)57-20-8-14-26-73(57)80-74/h3-44H,1-2H3. The molecule has 0 saturated heterocycles. The third kappa shape index (κ3) is 5.90. The van der Waals surface area contributed by atoms with Crippen LogP contribution in [0.1, 0.15) is 25.0 Å². The van der Waals surface area contributed by atoms with E-state index in [0.29, 0.717) is 0 Å². The quantitative estimate of drug-likeness (QED) is 0.169. The summed E-state index contributed by atoms with van der Waals surface area (Å²) in [6.45, 7) is 4.78. The summed E-state index contributed by atoms with van der Waals surface area (Å²) in [5.41, 5.74) is 23.5. The highest BCUT2D eigenvalue weighted by atomic mass is 16.3. The van der Waals surface area contributed by atoms with Gasteiger partial charge in [-0.3, -0.25) is 0 Å². The second kappa shape index (κ2) is 15.9. The summed E-state index contributed by atoms with van der Waals surface area (Å²) in [7, 11) is 0. The molecule has 0 aliphatic heterocycles. The summed E-state index contributed by atoms with van der Waals surface area (Å²) < 4.78 is 16.0. The Morgan fingerprint density at radius 1 is 0.250 bits per heavy atom. The van der Waals surface area contributed by atoms with Gasteiger partial charge in [-0.05, 0) is 155 Å². The molecule has 1 aliphatic rings. The van der Waals surface area contributed by atoms with E-state index < -0.39 is 0 Å². The lowest BCUT2D eigenvalue weighted by Crippen LogP contribution is -2.15. The van der Waals surface area contributed by atoms with Crippen molar-refractivity contribution >= 4 is 109 Å². The molecule has 0 radical (unpaired) electrons. The van der Waals surface area contributed by atoms with E-state index in [1.54, 1.807) is 0 Å². The Balaban J connectivity index is 0.730. The van der Waals surface area contributed by atoms with Crippen LogP contribution < -0.4 is 0 Å². The maximum absolute atomic E-state index is 6.24. The molecule has 0 saturated carbocycles. The van der Waals surface area contributed by atoms with Gasteiger partial charge in [0.2, 0.25) is 0 Å². The molecule has 1 aliphatic carbocycles. The van der Waals surface area contributed by atoms with Gasteiger partial charge in [-0.15, -0.1) is 0 Å². The van der Waals surface area contributed by atoms with Crippen molar-refractivity contribution in [2.75, 3.05) is 0 Å². The normalized spacial score (nSPS) is 13.2. The van der Waals surface area contributed by atoms with Crippen LogP contribution in [-0.2, 0) is 5.41 Å². The van der Waals surface area contributed by atoms with Crippen molar-refractivity contribution in [3.05, 3.63) is 266 Å². The minimum Gasteiger partial charge on any atom is -0.456 e. The Morgan fingerprint density at radius 3 is 1.15 bits per heavy atom. The Bertz CT molecular complexity index is 5480. The Kier molecular flexibility index (Phi) is 8.67. The molecule has 0 unspecified atom stereocenters. The lowest BCUT2D eigenvalue weighted by Gasteiger charge is -2.22. The molecule has 80 heavy (non-hydrogen) atoms. The number of hydrogen-bond donors (Lipinski definition) is 0. The van der Waals surface area contributed by atoms with Gasteiger partial charge in [-0.25, -0.2) is 0 Å². The molecule has 0 fully saturated rings. The van der Waals surface area contributed by atoms with Crippen molar-refractivity contribution < 1.29 is 4.42 Å². The molecule has 12 aromatic carbocycles. The Labute approximate surface area is 459 Å². The topological polar surface area (TPSA) is 32.9 Å². The molecular formula is C75H48N4O. The van der Waals surface area contributed by atoms with E-state index in [4.69, 9.17) is 4.42 Å². The van der Waals surface area contributed by atoms with Gasteiger partial charge in [-0.1, -0.05) is 147 Å². The molecule has 5 heterocycles. The second-order valence-electron chi connectivity index (χ2n) is 22.5. The molecule has 0 spiro atoms. The highest BCUT2D eigenvalue weighted by Crippen LogP contribution is 2.51. The Morgan fingerprint density at radius 2 is 0.613 bits per heavy atom. The van der Waals surface area contributed by atoms with Gasteiger partial charge in [0.25, 0.3) is 0 Å². The average Bonchev–Trinajstić information content (AvgIpc) is 4.54. The average molecular weight is 1020 g/mol. The van der Waals surface area contributed by atoms with Gasteiger partial charge in [0.05, 0.1) is 44.1 Å². The molecular weight excluding hydrogens is 973 g/mol. The zero-order valence-corrected chi connectivity index (χ0v) is 43.9.